The number of hydrogen-bond acceptors (Lipinski definition) is 7. The van der Waals surface area contributed by atoms with E-state index in [2.05, 4.69) is 29.7 Å². The van der Waals surface area contributed by atoms with E-state index in [9.17, 15) is 13.6 Å². The average molecular weight is 487 g/mol. The zero-order valence-corrected chi connectivity index (χ0v) is 18.4. The number of fused-ring (bicyclic) bond motifs is 1. The van der Waals surface area contributed by atoms with E-state index in [1.807, 2.05) is 30.3 Å². The Kier molecular flexibility index (Phi) is 5.18. The maximum Gasteiger partial charge on any atom is 0.586 e. The van der Waals surface area contributed by atoms with Gasteiger partial charge < -0.3 is 14.8 Å². The summed E-state index contributed by atoms with van der Waals surface area (Å²) in [5, 5.41) is 3.56. The van der Waals surface area contributed by atoms with Crippen molar-refractivity contribution in [1.29, 1.82) is 0 Å². The Morgan fingerprint density at radius 2 is 1.82 bits per heavy atom. The van der Waals surface area contributed by atoms with E-state index in [4.69, 9.17) is 11.6 Å². The predicted octanol–water partition coefficient (Wildman–Crippen LogP) is 5.80. The van der Waals surface area contributed by atoms with Gasteiger partial charge in [0, 0.05) is 17.2 Å². The quantitative estimate of drug-likeness (QED) is 0.392. The third-order valence-electron chi connectivity index (χ3n) is 4.68. The van der Waals surface area contributed by atoms with Crippen LogP contribution in [0.1, 0.15) is 15.4 Å². The van der Waals surface area contributed by atoms with Crippen LogP contribution in [0.2, 0.25) is 5.02 Å². The fourth-order valence-corrected chi connectivity index (χ4v) is 4.40. The number of benzene rings is 2. The molecule has 1 amide bonds. The third-order valence-corrected chi connectivity index (χ3v) is 6.20. The number of nitrogens with one attached hydrogen (secondary N) is 1. The van der Waals surface area contributed by atoms with Crippen LogP contribution in [0, 0.1) is 6.92 Å². The van der Waals surface area contributed by atoms with Crippen LogP contribution in [0.4, 0.5) is 14.6 Å². The summed E-state index contributed by atoms with van der Waals surface area (Å²) in [6.07, 6.45) is -1.04. The van der Waals surface area contributed by atoms with Gasteiger partial charge in [0.25, 0.3) is 5.91 Å². The van der Waals surface area contributed by atoms with Gasteiger partial charge in [0.2, 0.25) is 0 Å². The second-order valence-electron chi connectivity index (χ2n) is 6.99. The summed E-state index contributed by atoms with van der Waals surface area (Å²) in [4.78, 5) is 26.1. The van der Waals surface area contributed by atoms with E-state index >= 15 is 0 Å². The predicted molar refractivity (Wildman–Crippen MR) is 119 cm³/mol. The third kappa shape index (κ3) is 4.22. The number of aryl methyl sites for hydroxylation is 1. The number of amides is 1. The number of carbonyl (C=O) groups excluding carboxylic acids is 1. The van der Waals surface area contributed by atoms with Crippen LogP contribution in [-0.4, -0.2) is 27.2 Å². The van der Waals surface area contributed by atoms with E-state index in [-0.39, 0.29) is 28.2 Å². The molecule has 11 heteroatoms. The summed E-state index contributed by atoms with van der Waals surface area (Å²) in [5.41, 5.74) is 2.16. The minimum absolute atomic E-state index is 0.134. The van der Waals surface area contributed by atoms with Crippen molar-refractivity contribution in [1.82, 2.24) is 15.0 Å². The molecule has 166 valence electrons. The summed E-state index contributed by atoms with van der Waals surface area (Å²) in [5.74, 6) is -0.479. The first-order valence-corrected chi connectivity index (χ1v) is 10.7. The van der Waals surface area contributed by atoms with Crippen LogP contribution >= 0.6 is 22.9 Å². The summed E-state index contributed by atoms with van der Waals surface area (Å²) in [6.45, 7) is 1.76. The maximum atomic E-state index is 13.3. The minimum Gasteiger partial charge on any atom is -0.395 e. The minimum atomic E-state index is -3.75. The normalized spacial score (nSPS) is 13.7. The highest BCUT2D eigenvalue weighted by atomic mass is 35.5. The van der Waals surface area contributed by atoms with Crippen molar-refractivity contribution in [2.75, 3.05) is 5.32 Å². The van der Waals surface area contributed by atoms with Crippen LogP contribution in [0.15, 0.2) is 54.9 Å². The van der Waals surface area contributed by atoms with Crippen LogP contribution < -0.4 is 14.8 Å². The number of thiazole rings is 1. The molecule has 2 aromatic carbocycles. The molecule has 0 spiro atoms. The molecular weight excluding hydrogens is 474 g/mol. The molecule has 0 aliphatic carbocycles. The molecule has 1 aliphatic rings. The first-order chi connectivity index (χ1) is 15.8. The number of aromatic nitrogens is 3. The number of alkyl halides is 2. The van der Waals surface area contributed by atoms with E-state index in [1.54, 1.807) is 6.92 Å². The number of ether oxygens (including phenoxy) is 2. The SMILES string of the molecule is Cc1nc(-c2ccccc2)sc1C(=O)Nc1cnc(-c2cc3c(cc2Cl)OC(F)(F)O3)cn1. The van der Waals surface area contributed by atoms with Gasteiger partial charge in [0.05, 0.1) is 28.8 Å². The molecule has 0 saturated heterocycles. The molecule has 1 N–H and O–H groups in total. The van der Waals surface area contributed by atoms with Gasteiger partial charge in [-0.1, -0.05) is 41.9 Å². The molecule has 7 nitrogen and oxygen atoms in total. The Morgan fingerprint density at radius 3 is 2.52 bits per heavy atom. The number of halogens is 3. The van der Waals surface area contributed by atoms with Crippen molar-refractivity contribution in [3.63, 3.8) is 0 Å². The Hall–Kier alpha value is -3.63. The van der Waals surface area contributed by atoms with Crippen molar-refractivity contribution in [2.24, 2.45) is 0 Å². The molecule has 4 aromatic rings. The molecule has 3 heterocycles. The molecule has 0 saturated carbocycles. The van der Waals surface area contributed by atoms with E-state index in [0.29, 0.717) is 21.8 Å². The summed E-state index contributed by atoms with van der Waals surface area (Å²) in [7, 11) is 0. The van der Waals surface area contributed by atoms with Crippen molar-refractivity contribution >= 4 is 34.7 Å². The molecule has 0 fully saturated rings. The molecule has 5 rings (SSSR count). The lowest BCUT2D eigenvalue weighted by Crippen LogP contribution is -2.25. The first kappa shape index (κ1) is 21.2. The lowest BCUT2D eigenvalue weighted by molar-refractivity contribution is -0.286. The topological polar surface area (TPSA) is 86.2 Å². The number of nitrogens with zero attached hydrogens (tertiary/aromatic N) is 3. The standard InChI is InChI=1S/C22H13ClF2N4O3S/c1-11-19(33-21(28-11)12-5-3-2-4-6-12)20(30)29-18-10-26-15(9-27-18)13-7-16-17(8-14(13)23)32-22(24,25)31-16/h2-10H,1H3,(H,27,29,30). The smallest absolute Gasteiger partial charge is 0.395 e. The Labute approximate surface area is 195 Å². The maximum absolute atomic E-state index is 13.3. The van der Waals surface area contributed by atoms with Crippen molar-refractivity contribution in [3.8, 4) is 33.3 Å². The Bertz CT molecular complexity index is 1360. The highest BCUT2D eigenvalue weighted by Gasteiger charge is 2.44. The monoisotopic (exact) mass is 486 g/mol. The van der Waals surface area contributed by atoms with Crippen LogP contribution in [0.25, 0.3) is 21.8 Å². The van der Waals surface area contributed by atoms with Crippen molar-refractivity contribution < 1.29 is 23.0 Å². The first-order valence-electron chi connectivity index (χ1n) is 9.55. The average Bonchev–Trinajstić information content (AvgIpc) is 3.32. The highest BCUT2D eigenvalue weighted by Crippen LogP contribution is 2.45. The van der Waals surface area contributed by atoms with Gasteiger partial charge >= 0.3 is 6.29 Å². The van der Waals surface area contributed by atoms with Gasteiger partial charge in [-0.2, -0.15) is 0 Å². The van der Waals surface area contributed by atoms with Crippen molar-refractivity contribution in [2.45, 2.75) is 13.2 Å². The van der Waals surface area contributed by atoms with Gasteiger partial charge in [0.15, 0.2) is 17.3 Å². The fourth-order valence-electron chi connectivity index (χ4n) is 3.18. The molecule has 0 bridgehead atoms. The molecular formula is C22H13ClF2N4O3S. The van der Waals surface area contributed by atoms with E-state index < -0.39 is 6.29 Å². The molecule has 2 aromatic heterocycles. The lowest BCUT2D eigenvalue weighted by atomic mass is 10.1. The van der Waals surface area contributed by atoms with Crippen LogP contribution in [0.5, 0.6) is 11.5 Å². The number of carbonyl (C=O) groups is 1. The second-order valence-corrected chi connectivity index (χ2v) is 8.39. The number of anilines is 1. The largest absolute Gasteiger partial charge is 0.586 e. The fraction of sp³-hybridized carbons (Fsp3) is 0.0909. The van der Waals surface area contributed by atoms with Gasteiger partial charge in [-0.15, -0.1) is 20.1 Å². The number of hydrogen-bond donors (Lipinski definition) is 1. The summed E-state index contributed by atoms with van der Waals surface area (Å²) in [6, 6.07) is 12.1. The lowest BCUT2D eigenvalue weighted by Gasteiger charge is -2.07. The Morgan fingerprint density at radius 1 is 1.09 bits per heavy atom. The van der Waals surface area contributed by atoms with Crippen LogP contribution in [0.3, 0.4) is 0 Å². The zero-order chi connectivity index (χ0) is 23.2. The molecule has 0 atom stereocenters. The van der Waals surface area contributed by atoms with Gasteiger partial charge in [-0.3, -0.25) is 9.78 Å². The molecule has 33 heavy (non-hydrogen) atoms. The second kappa shape index (κ2) is 8.05. The molecule has 1 aliphatic heterocycles. The number of rotatable bonds is 4. The van der Waals surface area contributed by atoms with Gasteiger partial charge in [-0.25, -0.2) is 9.97 Å². The zero-order valence-electron chi connectivity index (χ0n) is 16.8. The molecule has 0 unspecified atom stereocenters. The summed E-state index contributed by atoms with van der Waals surface area (Å²) < 4.78 is 35.4. The highest BCUT2D eigenvalue weighted by molar-refractivity contribution is 7.17. The van der Waals surface area contributed by atoms with Crippen LogP contribution in [-0.2, 0) is 0 Å². The van der Waals surface area contributed by atoms with Gasteiger partial charge in [0.1, 0.15) is 9.88 Å². The summed E-state index contributed by atoms with van der Waals surface area (Å²) >= 11 is 7.46. The Balaban J connectivity index is 1.34. The van der Waals surface area contributed by atoms with E-state index in [0.717, 1.165) is 10.6 Å². The van der Waals surface area contributed by atoms with E-state index in [1.165, 1.54) is 35.9 Å². The van der Waals surface area contributed by atoms with Gasteiger partial charge in [-0.05, 0) is 13.0 Å². The van der Waals surface area contributed by atoms with Crippen molar-refractivity contribution in [3.05, 3.63) is 70.5 Å². The molecule has 0 radical (unpaired) electrons.